The maximum Gasteiger partial charge on any atom is 0.237 e. The first-order valence-electron chi connectivity index (χ1n) is 6.12. The van der Waals surface area contributed by atoms with Crippen molar-refractivity contribution in [3.8, 4) is 0 Å². The van der Waals surface area contributed by atoms with Crippen LogP contribution in [-0.4, -0.2) is 36.0 Å². The number of carbonyl (C=O) groups is 1. The molecule has 0 bridgehead atoms. The Morgan fingerprint density at radius 2 is 2.12 bits per heavy atom. The summed E-state index contributed by atoms with van der Waals surface area (Å²) in [6, 6.07) is 0.295. The predicted octanol–water partition coefficient (Wildman–Crippen LogP) is 0.700. The zero-order chi connectivity index (χ0) is 12.3. The standard InChI is InChI=1S/C12H25N3O/c1-9(7-12(2,14)11(13)16)15(3)8-10-5-4-6-10/h9-10H,4-8,14H2,1-3H3,(H2,13,16). The Balaban J connectivity index is 2.37. The Bertz CT molecular complexity index is 249. The molecule has 4 N–H and O–H groups in total. The monoisotopic (exact) mass is 227 g/mol. The molecule has 0 aromatic carbocycles. The first kappa shape index (κ1) is 13.5. The van der Waals surface area contributed by atoms with Crippen LogP contribution in [0.4, 0.5) is 0 Å². The zero-order valence-corrected chi connectivity index (χ0v) is 10.7. The quantitative estimate of drug-likeness (QED) is 0.701. The van der Waals surface area contributed by atoms with Crippen molar-refractivity contribution in [2.75, 3.05) is 13.6 Å². The van der Waals surface area contributed by atoms with Gasteiger partial charge in [0.25, 0.3) is 0 Å². The average Bonchev–Trinajstić information content (AvgIpc) is 2.09. The van der Waals surface area contributed by atoms with E-state index in [2.05, 4.69) is 18.9 Å². The molecule has 1 aliphatic rings. The highest BCUT2D eigenvalue weighted by Gasteiger charge is 2.30. The maximum absolute atomic E-state index is 11.1. The van der Waals surface area contributed by atoms with Crippen LogP contribution in [0, 0.1) is 5.92 Å². The van der Waals surface area contributed by atoms with Crippen molar-refractivity contribution in [1.82, 2.24) is 4.90 Å². The fourth-order valence-electron chi connectivity index (χ4n) is 2.13. The van der Waals surface area contributed by atoms with Gasteiger partial charge in [0.15, 0.2) is 0 Å². The fourth-order valence-corrected chi connectivity index (χ4v) is 2.13. The summed E-state index contributed by atoms with van der Waals surface area (Å²) in [5.41, 5.74) is 10.3. The molecule has 4 nitrogen and oxygen atoms in total. The first-order valence-corrected chi connectivity index (χ1v) is 6.12. The van der Waals surface area contributed by atoms with Gasteiger partial charge in [0.2, 0.25) is 5.91 Å². The van der Waals surface area contributed by atoms with Crippen LogP contribution < -0.4 is 11.5 Å². The van der Waals surface area contributed by atoms with Crippen LogP contribution in [-0.2, 0) is 4.79 Å². The van der Waals surface area contributed by atoms with Crippen LogP contribution in [0.15, 0.2) is 0 Å². The van der Waals surface area contributed by atoms with Gasteiger partial charge in [-0.25, -0.2) is 0 Å². The molecular weight excluding hydrogens is 202 g/mol. The second-order valence-electron chi connectivity index (χ2n) is 5.57. The molecule has 4 heteroatoms. The van der Waals surface area contributed by atoms with Gasteiger partial charge in [-0.2, -0.15) is 0 Å². The van der Waals surface area contributed by atoms with Crippen LogP contribution in [0.2, 0.25) is 0 Å². The highest BCUT2D eigenvalue weighted by Crippen LogP contribution is 2.27. The number of hydrogen-bond donors (Lipinski definition) is 2. The van der Waals surface area contributed by atoms with Gasteiger partial charge >= 0.3 is 0 Å². The average molecular weight is 227 g/mol. The van der Waals surface area contributed by atoms with Gasteiger partial charge in [-0.3, -0.25) is 4.79 Å². The highest BCUT2D eigenvalue weighted by molar-refractivity contribution is 5.83. The van der Waals surface area contributed by atoms with Gasteiger partial charge in [-0.15, -0.1) is 0 Å². The number of amides is 1. The van der Waals surface area contributed by atoms with E-state index < -0.39 is 11.4 Å². The van der Waals surface area contributed by atoms with Crippen molar-refractivity contribution in [2.45, 2.75) is 51.1 Å². The lowest BCUT2D eigenvalue weighted by Gasteiger charge is -2.35. The van der Waals surface area contributed by atoms with Gasteiger partial charge < -0.3 is 16.4 Å². The third kappa shape index (κ3) is 3.46. The van der Waals surface area contributed by atoms with Crippen LogP contribution in [0.1, 0.15) is 39.5 Å². The molecule has 94 valence electrons. The summed E-state index contributed by atoms with van der Waals surface area (Å²) in [6.45, 7) is 4.92. The Labute approximate surface area is 98.3 Å². The van der Waals surface area contributed by atoms with E-state index in [-0.39, 0.29) is 0 Å². The molecule has 0 radical (unpaired) electrons. The van der Waals surface area contributed by atoms with Gasteiger partial charge in [-0.1, -0.05) is 6.42 Å². The van der Waals surface area contributed by atoms with E-state index in [1.807, 2.05) is 0 Å². The molecular formula is C12H25N3O. The molecule has 0 aliphatic heterocycles. The van der Waals surface area contributed by atoms with Gasteiger partial charge in [0.1, 0.15) is 0 Å². The van der Waals surface area contributed by atoms with E-state index in [9.17, 15) is 4.79 Å². The lowest BCUT2D eigenvalue weighted by atomic mass is 9.84. The summed E-state index contributed by atoms with van der Waals surface area (Å²) in [6.07, 6.45) is 4.66. The van der Waals surface area contributed by atoms with Crippen molar-refractivity contribution in [1.29, 1.82) is 0 Å². The van der Waals surface area contributed by atoms with Crippen molar-refractivity contribution in [3.63, 3.8) is 0 Å². The summed E-state index contributed by atoms with van der Waals surface area (Å²) < 4.78 is 0. The van der Waals surface area contributed by atoms with Gasteiger partial charge in [-0.05, 0) is 46.1 Å². The molecule has 1 amide bonds. The van der Waals surface area contributed by atoms with Crippen molar-refractivity contribution in [2.24, 2.45) is 17.4 Å². The first-order chi connectivity index (χ1) is 7.33. The topological polar surface area (TPSA) is 72.3 Å². The second kappa shape index (κ2) is 5.15. The van der Waals surface area contributed by atoms with Gasteiger partial charge in [0, 0.05) is 12.6 Å². The Hall–Kier alpha value is -0.610. The Kier molecular flexibility index (Phi) is 4.33. The highest BCUT2D eigenvalue weighted by atomic mass is 16.1. The molecule has 0 saturated heterocycles. The van der Waals surface area contributed by atoms with Crippen molar-refractivity contribution in [3.05, 3.63) is 0 Å². The molecule has 1 saturated carbocycles. The molecule has 1 fully saturated rings. The molecule has 0 aromatic heterocycles. The van der Waals surface area contributed by atoms with Crippen molar-refractivity contribution < 1.29 is 4.79 Å². The van der Waals surface area contributed by atoms with E-state index in [1.165, 1.54) is 19.3 Å². The zero-order valence-electron chi connectivity index (χ0n) is 10.7. The summed E-state index contributed by atoms with van der Waals surface area (Å²) in [7, 11) is 2.10. The smallest absolute Gasteiger partial charge is 0.237 e. The minimum Gasteiger partial charge on any atom is -0.368 e. The lowest BCUT2D eigenvalue weighted by Crippen LogP contribution is -2.53. The second-order valence-corrected chi connectivity index (χ2v) is 5.57. The minimum absolute atomic E-state index is 0.295. The van der Waals surface area contributed by atoms with Crippen LogP contribution in [0.3, 0.4) is 0 Å². The van der Waals surface area contributed by atoms with Crippen molar-refractivity contribution >= 4 is 5.91 Å². The molecule has 0 aromatic rings. The number of hydrogen-bond acceptors (Lipinski definition) is 3. The summed E-state index contributed by atoms with van der Waals surface area (Å²) >= 11 is 0. The number of primary amides is 1. The number of rotatable bonds is 6. The molecule has 2 unspecified atom stereocenters. The Morgan fingerprint density at radius 3 is 2.50 bits per heavy atom. The minimum atomic E-state index is -0.896. The third-order valence-electron chi connectivity index (χ3n) is 3.81. The number of nitrogens with two attached hydrogens (primary N) is 2. The third-order valence-corrected chi connectivity index (χ3v) is 3.81. The lowest BCUT2D eigenvalue weighted by molar-refractivity contribution is -0.123. The van der Waals surface area contributed by atoms with Crippen LogP contribution >= 0.6 is 0 Å². The molecule has 2 atom stereocenters. The molecule has 0 heterocycles. The molecule has 16 heavy (non-hydrogen) atoms. The maximum atomic E-state index is 11.1. The largest absolute Gasteiger partial charge is 0.368 e. The summed E-state index contributed by atoms with van der Waals surface area (Å²) in [5, 5.41) is 0. The summed E-state index contributed by atoms with van der Waals surface area (Å²) in [4.78, 5) is 13.4. The van der Waals surface area contributed by atoms with E-state index in [0.717, 1.165) is 12.5 Å². The van der Waals surface area contributed by atoms with Crippen LogP contribution in [0.25, 0.3) is 0 Å². The normalized spacial score (nSPS) is 22.6. The fraction of sp³-hybridized carbons (Fsp3) is 0.917. The van der Waals surface area contributed by atoms with E-state index in [0.29, 0.717) is 12.5 Å². The van der Waals surface area contributed by atoms with E-state index >= 15 is 0 Å². The molecule has 0 spiro atoms. The van der Waals surface area contributed by atoms with Gasteiger partial charge in [0.05, 0.1) is 5.54 Å². The van der Waals surface area contributed by atoms with E-state index in [1.54, 1.807) is 6.92 Å². The number of carbonyl (C=O) groups excluding carboxylic acids is 1. The van der Waals surface area contributed by atoms with E-state index in [4.69, 9.17) is 11.5 Å². The number of nitrogens with zero attached hydrogens (tertiary/aromatic N) is 1. The Morgan fingerprint density at radius 1 is 1.56 bits per heavy atom. The molecule has 1 rings (SSSR count). The molecule has 1 aliphatic carbocycles. The predicted molar refractivity (Wildman–Crippen MR) is 65.8 cm³/mol. The van der Waals surface area contributed by atoms with Crippen LogP contribution in [0.5, 0.6) is 0 Å². The SMILES string of the molecule is CC(CC(C)(N)C(N)=O)N(C)CC1CCC1. The summed E-state index contributed by atoms with van der Waals surface area (Å²) in [5.74, 6) is 0.418.